The number of fused-ring (bicyclic) bond motifs is 1. The number of nitrogens with zero attached hydrogens (tertiary/aromatic N) is 2. The fraction of sp³-hybridized carbons (Fsp3) is 0.433. The number of alkyl halides is 2. The van der Waals surface area contributed by atoms with E-state index in [-0.39, 0.29) is 30.0 Å². The number of benzene rings is 2. The van der Waals surface area contributed by atoms with Gasteiger partial charge < -0.3 is 10.6 Å². The van der Waals surface area contributed by atoms with Crippen molar-refractivity contribution in [1.29, 1.82) is 0 Å². The van der Waals surface area contributed by atoms with E-state index in [1.54, 1.807) is 15.3 Å². The first-order valence-electron chi connectivity index (χ1n) is 13.7. The first-order valence-corrected chi connectivity index (χ1v) is 14.3. The zero-order valence-corrected chi connectivity index (χ0v) is 23.3. The van der Waals surface area contributed by atoms with Crippen molar-refractivity contribution in [3.05, 3.63) is 65.2 Å². The fourth-order valence-electron chi connectivity index (χ4n) is 5.84. The molecule has 6 nitrogen and oxygen atoms in total. The highest BCUT2D eigenvalue weighted by molar-refractivity contribution is 7.17. The molecule has 3 aromatic rings. The molecule has 0 spiro atoms. The number of carbonyl (C=O) groups excluding carboxylic acids is 2. The molecule has 2 heterocycles. The van der Waals surface area contributed by atoms with Crippen LogP contribution in [0, 0.1) is 5.92 Å². The summed E-state index contributed by atoms with van der Waals surface area (Å²) in [4.78, 5) is 33.2. The van der Waals surface area contributed by atoms with Gasteiger partial charge >= 0.3 is 0 Å². The Bertz CT molecular complexity index is 1360. The van der Waals surface area contributed by atoms with Crippen molar-refractivity contribution in [2.24, 2.45) is 5.92 Å². The van der Waals surface area contributed by atoms with Crippen LogP contribution in [0.5, 0.6) is 0 Å². The van der Waals surface area contributed by atoms with Crippen LogP contribution < -0.4 is 10.6 Å². The summed E-state index contributed by atoms with van der Waals surface area (Å²) in [6, 6.07) is 13.8. The number of aromatic nitrogens is 1. The number of hydrogen-bond donors (Lipinski definition) is 2. The minimum atomic E-state index is -3.12. The fourth-order valence-corrected chi connectivity index (χ4v) is 6.02. The number of pyridine rings is 1. The van der Waals surface area contributed by atoms with E-state index in [9.17, 15) is 18.4 Å². The molecule has 1 saturated heterocycles. The van der Waals surface area contributed by atoms with Gasteiger partial charge in [0.1, 0.15) is 0 Å². The van der Waals surface area contributed by atoms with Crippen LogP contribution in [0.2, 0.25) is 0 Å². The minimum absolute atomic E-state index is 0.0227. The first-order chi connectivity index (χ1) is 18.7. The summed E-state index contributed by atoms with van der Waals surface area (Å²) in [7, 11) is 1.57. The molecule has 2 atom stereocenters. The summed E-state index contributed by atoms with van der Waals surface area (Å²) >= 11 is 0. The molecule has 1 aliphatic carbocycles. The number of amides is 2. The number of carbonyl (C=O) groups is 2. The minimum Gasteiger partial charge on any atom is -0.354 e. The van der Waals surface area contributed by atoms with Gasteiger partial charge in [-0.15, -0.1) is 0 Å². The third kappa shape index (κ3) is 6.28. The highest BCUT2D eigenvalue weighted by Gasteiger charge is 2.30. The number of rotatable bonds is 7. The van der Waals surface area contributed by atoms with Crippen molar-refractivity contribution < 1.29 is 18.4 Å². The first kappa shape index (κ1) is 27.6. The van der Waals surface area contributed by atoms with Crippen LogP contribution in [0.15, 0.2) is 48.5 Å². The van der Waals surface area contributed by atoms with Gasteiger partial charge in [0.2, 0.25) is 5.91 Å². The Balaban J connectivity index is 1.67. The Morgan fingerprint density at radius 1 is 1.18 bits per heavy atom. The molecule has 2 fully saturated rings. The molecule has 2 aliphatic rings. The molecule has 2 aromatic carbocycles. The van der Waals surface area contributed by atoms with Gasteiger partial charge in [-0.2, -0.15) is 8.78 Å². The van der Waals surface area contributed by atoms with E-state index >= 15 is 0 Å². The van der Waals surface area contributed by atoms with E-state index in [2.05, 4.69) is 17.6 Å². The zero-order chi connectivity index (χ0) is 27.6. The molecule has 1 aromatic heterocycles. The van der Waals surface area contributed by atoms with Crippen LogP contribution in [0.25, 0.3) is 22.2 Å². The third-order valence-corrected chi connectivity index (χ3v) is 8.29. The molecule has 1 saturated carbocycles. The molecule has 2 N–H and O–H groups in total. The lowest BCUT2D eigenvalue weighted by Crippen LogP contribution is -2.47. The Hall–Kier alpha value is -2.96. The van der Waals surface area contributed by atoms with Crippen molar-refractivity contribution in [2.45, 2.75) is 57.3 Å². The van der Waals surface area contributed by atoms with Crippen LogP contribution in [0.1, 0.15) is 60.5 Å². The van der Waals surface area contributed by atoms with Crippen molar-refractivity contribution in [3.8, 4) is 11.3 Å². The Morgan fingerprint density at radius 3 is 2.62 bits per heavy atom. The van der Waals surface area contributed by atoms with Crippen molar-refractivity contribution in [3.63, 3.8) is 0 Å². The van der Waals surface area contributed by atoms with Crippen molar-refractivity contribution in [2.75, 3.05) is 19.6 Å². The number of hydrogen-bond acceptors (Lipinski definition) is 4. The molecule has 9 heteroatoms. The monoisotopic (exact) mass is 552 g/mol. The van der Waals surface area contributed by atoms with Crippen LogP contribution in [-0.4, -0.2) is 47.4 Å². The van der Waals surface area contributed by atoms with Gasteiger partial charge in [0, 0.05) is 47.8 Å². The molecule has 0 radical (unpaired) electrons. The lowest BCUT2D eigenvalue weighted by Gasteiger charge is -2.30. The third-order valence-electron chi connectivity index (χ3n) is 7.96. The van der Waals surface area contributed by atoms with Gasteiger partial charge in [0.05, 0.1) is 23.3 Å². The molecule has 1 unspecified atom stereocenters. The van der Waals surface area contributed by atoms with E-state index in [0.717, 1.165) is 31.2 Å². The highest BCUT2D eigenvalue weighted by atomic mass is 31.0. The molecule has 206 valence electrons. The molecule has 1 aliphatic heterocycles. The maximum Gasteiger partial charge on any atom is 0.283 e. The summed E-state index contributed by atoms with van der Waals surface area (Å²) in [5.74, 6) is 0.0982. The Labute approximate surface area is 230 Å². The SMILES string of the molecule is C[C@H](NC(=O)c1c(CN2CCNC(=O)C2)c(-c2ccccc2)nc2cc(C(F)(F)P)ccc12)C1CCCCC1. The molecule has 5 rings (SSSR count). The largest absolute Gasteiger partial charge is 0.354 e. The van der Waals surface area contributed by atoms with Gasteiger partial charge in [-0.3, -0.25) is 14.5 Å². The van der Waals surface area contributed by atoms with Crippen molar-refractivity contribution >= 4 is 32.0 Å². The molecule has 0 bridgehead atoms. The number of piperazine rings is 1. The van der Waals surface area contributed by atoms with Crippen LogP contribution in [-0.2, 0) is 17.0 Å². The Kier molecular flexibility index (Phi) is 8.24. The van der Waals surface area contributed by atoms with Gasteiger partial charge in [-0.05, 0) is 31.7 Å². The number of halogens is 2. The van der Waals surface area contributed by atoms with Gasteiger partial charge in [-0.25, -0.2) is 4.98 Å². The number of nitrogens with one attached hydrogen (secondary N) is 2. The standard InChI is InChI=1S/C30H35F2N4O2P/c1-19(20-8-4-2-5-9-20)34-29(38)27-23-13-12-22(30(31,32)39)16-25(23)35-28(21-10-6-3-7-11-21)24(27)17-36-15-14-33-26(37)18-36/h3,6-7,10-13,16,19-20H,2,4-5,8-9,14-15,17-18,39H2,1H3,(H,33,37)(H,34,38)/t19-/m0/s1. The quantitative estimate of drug-likeness (QED) is 0.382. The topological polar surface area (TPSA) is 74.3 Å². The smallest absolute Gasteiger partial charge is 0.283 e. The Morgan fingerprint density at radius 2 is 1.92 bits per heavy atom. The van der Waals surface area contributed by atoms with E-state index < -0.39 is 5.66 Å². The maximum atomic E-state index is 14.3. The van der Waals surface area contributed by atoms with Gasteiger partial charge in [-0.1, -0.05) is 71.0 Å². The molecule has 39 heavy (non-hydrogen) atoms. The van der Waals surface area contributed by atoms with Crippen LogP contribution in [0.3, 0.4) is 0 Å². The van der Waals surface area contributed by atoms with Gasteiger partial charge in [0.15, 0.2) is 0 Å². The second-order valence-electron chi connectivity index (χ2n) is 10.8. The summed E-state index contributed by atoms with van der Waals surface area (Å²) in [6.07, 6.45) is 5.71. The summed E-state index contributed by atoms with van der Waals surface area (Å²) in [5, 5.41) is 6.62. The van der Waals surface area contributed by atoms with Crippen LogP contribution >= 0.6 is 9.24 Å². The predicted molar refractivity (Wildman–Crippen MR) is 153 cm³/mol. The summed E-state index contributed by atoms with van der Waals surface area (Å²) < 4.78 is 28.6. The zero-order valence-electron chi connectivity index (χ0n) is 22.2. The van der Waals surface area contributed by atoms with E-state index in [4.69, 9.17) is 4.98 Å². The highest BCUT2D eigenvalue weighted by Crippen LogP contribution is 2.38. The molecule has 2 amide bonds. The lowest BCUT2D eigenvalue weighted by molar-refractivity contribution is -0.124. The van der Waals surface area contributed by atoms with E-state index in [0.29, 0.717) is 53.3 Å². The predicted octanol–water partition coefficient (Wildman–Crippen LogP) is 5.46. The summed E-state index contributed by atoms with van der Waals surface area (Å²) in [6.45, 7) is 3.76. The van der Waals surface area contributed by atoms with Crippen LogP contribution in [0.4, 0.5) is 8.78 Å². The maximum absolute atomic E-state index is 14.3. The normalized spacial score (nSPS) is 18.1. The molecular formula is C30H35F2N4O2P. The second kappa shape index (κ2) is 11.6. The van der Waals surface area contributed by atoms with Crippen molar-refractivity contribution in [1.82, 2.24) is 20.5 Å². The second-order valence-corrected chi connectivity index (χ2v) is 11.5. The summed E-state index contributed by atoms with van der Waals surface area (Å²) in [5.41, 5.74) is -0.492. The van der Waals surface area contributed by atoms with Gasteiger partial charge in [0.25, 0.3) is 11.6 Å². The average Bonchev–Trinajstić information content (AvgIpc) is 2.92. The van der Waals surface area contributed by atoms with E-state index in [1.165, 1.54) is 18.6 Å². The molecular weight excluding hydrogens is 517 g/mol. The van der Waals surface area contributed by atoms with E-state index in [1.807, 2.05) is 35.2 Å². The average molecular weight is 553 g/mol. The lowest BCUT2D eigenvalue weighted by atomic mass is 9.84.